The fourth-order valence-corrected chi connectivity index (χ4v) is 1.12. The Kier molecular flexibility index (Phi) is 4.32. The van der Waals surface area contributed by atoms with Crippen LogP contribution in [0.4, 0.5) is 4.79 Å². The van der Waals surface area contributed by atoms with Gasteiger partial charge in [0.2, 0.25) is 0 Å². The summed E-state index contributed by atoms with van der Waals surface area (Å²) in [6, 6.07) is 7.07. The van der Waals surface area contributed by atoms with Gasteiger partial charge in [0, 0.05) is 0 Å². The molecule has 0 radical (unpaired) electrons. The summed E-state index contributed by atoms with van der Waals surface area (Å²) < 4.78 is 4.89. The number of rotatable bonds is 4. The van der Waals surface area contributed by atoms with Crippen molar-refractivity contribution in [3.05, 3.63) is 29.8 Å². The third kappa shape index (κ3) is 4.00. The Bertz CT molecular complexity index is 389. The maximum atomic E-state index is 11.1. The predicted octanol–water partition coefficient (Wildman–Crippen LogP) is 1.42. The molecule has 1 aromatic carbocycles. The Morgan fingerprint density at radius 3 is 2.81 bits per heavy atom. The van der Waals surface area contributed by atoms with Gasteiger partial charge in [0.25, 0.3) is 0 Å². The van der Waals surface area contributed by atoms with Crippen LogP contribution in [0.3, 0.4) is 0 Å². The highest BCUT2D eigenvalue weighted by molar-refractivity contribution is 5.77. The van der Waals surface area contributed by atoms with Crippen LogP contribution in [0.25, 0.3) is 0 Å². The SMILES string of the molecule is CCc1cccc(OC(=O)NCC(=O)O)c1. The number of ether oxygens (including phenoxy) is 1. The lowest BCUT2D eigenvalue weighted by atomic mass is 10.2. The van der Waals surface area contributed by atoms with Crippen LogP contribution in [0.15, 0.2) is 24.3 Å². The van der Waals surface area contributed by atoms with Crippen LogP contribution < -0.4 is 10.1 Å². The molecule has 1 aromatic rings. The number of hydrogen-bond donors (Lipinski definition) is 2. The van der Waals surface area contributed by atoms with E-state index in [0.29, 0.717) is 5.75 Å². The molecule has 2 N–H and O–H groups in total. The Morgan fingerprint density at radius 1 is 1.44 bits per heavy atom. The summed E-state index contributed by atoms with van der Waals surface area (Å²) in [5.74, 6) is -0.707. The number of carboxylic acids is 1. The van der Waals surface area contributed by atoms with Gasteiger partial charge in [-0.15, -0.1) is 0 Å². The molecule has 0 saturated heterocycles. The second-order valence-corrected chi connectivity index (χ2v) is 3.14. The molecule has 5 nitrogen and oxygen atoms in total. The summed E-state index contributed by atoms with van der Waals surface area (Å²) in [4.78, 5) is 21.3. The molecule has 0 bridgehead atoms. The highest BCUT2D eigenvalue weighted by atomic mass is 16.6. The van der Waals surface area contributed by atoms with Crippen molar-refractivity contribution in [2.45, 2.75) is 13.3 Å². The normalized spacial score (nSPS) is 9.56. The molecule has 0 fully saturated rings. The van der Waals surface area contributed by atoms with E-state index in [2.05, 4.69) is 5.32 Å². The van der Waals surface area contributed by atoms with Gasteiger partial charge in [0.15, 0.2) is 0 Å². The number of nitrogens with one attached hydrogen (secondary N) is 1. The largest absolute Gasteiger partial charge is 0.480 e. The van der Waals surface area contributed by atoms with Crippen molar-refractivity contribution in [2.24, 2.45) is 0 Å². The van der Waals surface area contributed by atoms with E-state index in [1.54, 1.807) is 18.2 Å². The van der Waals surface area contributed by atoms with Gasteiger partial charge in [-0.25, -0.2) is 4.79 Å². The summed E-state index contributed by atoms with van der Waals surface area (Å²) in [6.45, 7) is 1.54. The molecular weight excluding hydrogens is 210 g/mol. The number of aryl methyl sites for hydroxylation is 1. The van der Waals surface area contributed by atoms with Crippen molar-refractivity contribution in [2.75, 3.05) is 6.54 Å². The standard InChI is InChI=1S/C11H13NO4/c1-2-8-4-3-5-9(6-8)16-11(15)12-7-10(13)14/h3-6H,2,7H2,1H3,(H,12,15)(H,13,14). The second kappa shape index (κ2) is 5.75. The van der Waals surface area contributed by atoms with Crippen molar-refractivity contribution >= 4 is 12.1 Å². The van der Waals surface area contributed by atoms with E-state index >= 15 is 0 Å². The van der Waals surface area contributed by atoms with Crippen LogP contribution in [0.2, 0.25) is 0 Å². The fourth-order valence-electron chi connectivity index (χ4n) is 1.12. The van der Waals surface area contributed by atoms with Crippen LogP contribution in [-0.2, 0) is 11.2 Å². The lowest BCUT2D eigenvalue weighted by Crippen LogP contribution is -2.31. The molecule has 0 aliphatic rings. The van der Waals surface area contributed by atoms with Gasteiger partial charge >= 0.3 is 12.1 Å². The summed E-state index contributed by atoms with van der Waals surface area (Å²) >= 11 is 0. The van der Waals surface area contributed by atoms with E-state index in [9.17, 15) is 9.59 Å². The first-order valence-corrected chi connectivity index (χ1v) is 4.88. The maximum Gasteiger partial charge on any atom is 0.413 e. The predicted molar refractivity (Wildman–Crippen MR) is 57.5 cm³/mol. The molecule has 5 heteroatoms. The van der Waals surface area contributed by atoms with Crippen LogP contribution in [0, 0.1) is 0 Å². The molecule has 0 atom stereocenters. The Labute approximate surface area is 93.0 Å². The van der Waals surface area contributed by atoms with Crippen molar-refractivity contribution in [1.29, 1.82) is 0 Å². The van der Waals surface area contributed by atoms with E-state index in [0.717, 1.165) is 12.0 Å². The molecule has 0 aromatic heterocycles. The molecule has 16 heavy (non-hydrogen) atoms. The number of carboxylic acid groups (broad SMARTS) is 1. The average molecular weight is 223 g/mol. The first kappa shape index (κ1) is 12.0. The van der Waals surface area contributed by atoms with Gasteiger partial charge in [-0.3, -0.25) is 4.79 Å². The topological polar surface area (TPSA) is 75.6 Å². The number of carbonyl (C=O) groups is 2. The molecule has 86 valence electrons. The Balaban J connectivity index is 2.52. The zero-order valence-corrected chi connectivity index (χ0v) is 8.90. The molecule has 1 rings (SSSR count). The number of benzene rings is 1. The Hall–Kier alpha value is -2.04. The van der Waals surface area contributed by atoms with E-state index in [4.69, 9.17) is 9.84 Å². The number of carbonyl (C=O) groups excluding carboxylic acids is 1. The van der Waals surface area contributed by atoms with Crippen LogP contribution >= 0.6 is 0 Å². The minimum Gasteiger partial charge on any atom is -0.480 e. The van der Waals surface area contributed by atoms with Crippen molar-refractivity contribution in [3.8, 4) is 5.75 Å². The molecule has 0 aliphatic heterocycles. The van der Waals surface area contributed by atoms with Crippen LogP contribution in [0.1, 0.15) is 12.5 Å². The van der Waals surface area contributed by atoms with E-state index in [1.807, 2.05) is 13.0 Å². The van der Waals surface area contributed by atoms with Gasteiger partial charge in [-0.2, -0.15) is 0 Å². The monoisotopic (exact) mass is 223 g/mol. The first-order chi connectivity index (χ1) is 7.61. The highest BCUT2D eigenvalue weighted by Crippen LogP contribution is 2.13. The maximum absolute atomic E-state index is 11.1. The van der Waals surface area contributed by atoms with Crippen molar-refractivity contribution in [3.63, 3.8) is 0 Å². The highest BCUT2D eigenvalue weighted by Gasteiger charge is 2.06. The smallest absolute Gasteiger partial charge is 0.413 e. The molecular formula is C11H13NO4. The van der Waals surface area contributed by atoms with Gasteiger partial charge in [-0.1, -0.05) is 19.1 Å². The molecule has 0 unspecified atom stereocenters. The Morgan fingerprint density at radius 2 is 2.19 bits per heavy atom. The number of aliphatic carboxylic acids is 1. The summed E-state index contributed by atoms with van der Waals surface area (Å²) in [6.07, 6.45) is 0.0733. The minimum absolute atomic E-state index is 0.405. The van der Waals surface area contributed by atoms with Gasteiger partial charge in [0.1, 0.15) is 12.3 Å². The van der Waals surface area contributed by atoms with Crippen LogP contribution in [0.5, 0.6) is 5.75 Å². The quantitative estimate of drug-likeness (QED) is 0.809. The molecule has 0 aliphatic carbocycles. The molecule has 0 heterocycles. The first-order valence-electron chi connectivity index (χ1n) is 4.88. The van der Waals surface area contributed by atoms with Gasteiger partial charge in [0.05, 0.1) is 0 Å². The van der Waals surface area contributed by atoms with E-state index < -0.39 is 18.6 Å². The number of hydrogen-bond acceptors (Lipinski definition) is 3. The van der Waals surface area contributed by atoms with E-state index in [1.165, 1.54) is 0 Å². The zero-order valence-electron chi connectivity index (χ0n) is 8.90. The lowest BCUT2D eigenvalue weighted by Gasteiger charge is -2.05. The van der Waals surface area contributed by atoms with Crippen LogP contribution in [-0.4, -0.2) is 23.7 Å². The lowest BCUT2D eigenvalue weighted by molar-refractivity contribution is -0.135. The average Bonchev–Trinajstić information content (AvgIpc) is 2.26. The summed E-state index contributed by atoms with van der Waals surface area (Å²) in [7, 11) is 0. The van der Waals surface area contributed by atoms with Crippen molar-refractivity contribution in [1.82, 2.24) is 5.32 Å². The minimum atomic E-state index is -1.11. The zero-order chi connectivity index (χ0) is 12.0. The molecule has 1 amide bonds. The van der Waals surface area contributed by atoms with Crippen molar-refractivity contribution < 1.29 is 19.4 Å². The summed E-state index contributed by atoms with van der Waals surface area (Å²) in [5.41, 5.74) is 1.04. The summed E-state index contributed by atoms with van der Waals surface area (Å²) in [5, 5.41) is 10.4. The van der Waals surface area contributed by atoms with E-state index in [-0.39, 0.29) is 0 Å². The third-order valence-electron chi connectivity index (χ3n) is 1.90. The number of amides is 1. The molecule has 0 saturated carbocycles. The van der Waals surface area contributed by atoms with Gasteiger partial charge < -0.3 is 15.2 Å². The fraction of sp³-hybridized carbons (Fsp3) is 0.273. The molecule has 0 spiro atoms. The third-order valence-corrected chi connectivity index (χ3v) is 1.90. The second-order valence-electron chi connectivity index (χ2n) is 3.14. The van der Waals surface area contributed by atoms with Gasteiger partial charge in [-0.05, 0) is 24.1 Å².